The molecule has 0 heterocycles. The van der Waals surface area contributed by atoms with E-state index in [2.05, 4.69) is 10.6 Å². The molecular formula is C15H22N2O4. The maximum Gasteiger partial charge on any atom is 0.339 e. The van der Waals surface area contributed by atoms with Crippen LogP contribution >= 0.6 is 0 Å². The minimum absolute atomic E-state index is 0.00893. The van der Waals surface area contributed by atoms with Gasteiger partial charge in [0.15, 0.2) is 0 Å². The molecule has 116 valence electrons. The number of para-hydroxylation sites is 1. The lowest BCUT2D eigenvalue weighted by Gasteiger charge is -2.10. The highest BCUT2D eigenvalue weighted by Gasteiger charge is 2.09. The van der Waals surface area contributed by atoms with Crippen LogP contribution in [0.15, 0.2) is 24.3 Å². The molecule has 0 saturated heterocycles. The second-order valence-electron chi connectivity index (χ2n) is 4.87. The number of carboxylic acid groups (broad SMARTS) is 1. The summed E-state index contributed by atoms with van der Waals surface area (Å²) < 4.78 is 5.43. The van der Waals surface area contributed by atoms with Crippen molar-refractivity contribution in [3.05, 3.63) is 29.8 Å². The molecule has 6 heteroatoms. The van der Waals surface area contributed by atoms with Crippen molar-refractivity contribution in [2.75, 3.05) is 19.7 Å². The van der Waals surface area contributed by atoms with Crippen LogP contribution < -0.4 is 15.4 Å². The highest BCUT2D eigenvalue weighted by atomic mass is 16.5. The monoisotopic (exact) mass is 294 g/mol. The molecule has 1 amide bonds. The highest BCUT2D eigenvalue weighted by molar-refractivity contribution is 5.90. The summed E-state index contributed by atoms with van der Waals surface area (Å²) in [6.07, 6.45) is 0.407. The van der Waals surface area contributed by atoms with E-state index in [9.17, 15) is 9.59 Å². The van der Waals surface area contributed by atoms with Gasteiger partial charge in [-0.05, 0) is 26.0 Å². The van der Waals surface area contributed by atoms with E-state index in [1.54, 1.807) is 18.2 Å². The maximum absolute atomic E-state index is 11.4. The fourth-order valence-electron chi connectivity index (χ4n) is 1.72. The summed E-state index contributed by atoms with van der Waals surface area (Å²) in [7, 11) is 0. The average Bonchev–Trinajstić information content (AvgIpc) is 2.42. The van der Waals surface area contributed by atoms with Crippen LogP contribution in [0.4, 0.5) is 0 Å². The minimum Gasteiger partial charge on any atom is -0.491 e. The van der Waals surface area contributed by atoms with Gasteiger partial charge in [-0.15, -0.1) is 0 Å². The van der Waals surface area contributed by atoms with Gasteiger partial charge in [-0.1, -0.05) is 12.1 Å². The lowest BCUT2D eigenvalue weighted by molar-refractivity contribution is -0.121. The number of rotatable bonds is 9. The molecule has 0 aliphatic carbocycles. The molecule has 0 bridgehead atoms. The molecule has 0 aliphatic rings. The zero-order chi connectivity index (χ0) is 15.7. The number of amides is 1. The third kappa shape index (κ3) is 6.76. The third-order valence-electron chi connectivity index (χ3n) is 2.63. The Kier molecular flexibility index (Phi) is 7.25. The number of ether oxygens (including phenoxy) is 1. The van der Waals surface area contributed by atoms with Crippen molar-refractivity contribution in [1.29, 1.82) is 0 Å². The van der Waals surface area contributed by atoms with Gasteiger partial charge in [-0.2, -0.15) is 0 Å². The normalized spacial score (nSPS) is 10.4. The number of carbonyl (C=O) groups excluding carboxylic acids is 1. The number of carboxylic acids is 1. The van der Waals surface area contributed by atoms with Crippen molar-refractivity contribution in [3.63, 3.8) is 0 Å². The van der Waals surface area contributed by atoms with Gasteiger partial charge >= 0.3 is 5.97 Å². The number of hydrogen-bond acceptors (Lipinski definition) is 4. The Bertz CT molecular complexity index is 474. The van der Waals surface area contributed by atoms with Crippen LogP contribution in [0.5, 0.6) is 5.75 Å². The number of hydrogen-bond donors (Lipinski definition) is 3. The summed E-state index contributed by atoms with van der Waals surface area (Å²) in [6, 6.07) is 6.65. The van der Waals surface area contributed by atoms with Crippen molar-refractivity contribution >= 4 is 11.9 Å². The van der Waals surface area contributed by atoms with Gasteiger partial charge in [0, 0.05) is 25.6 Å². The average molecular weight is 294 g/mol. The first kappa shape index (κ1) is 17.0. The second kappa shape index (κ2) is 8.97. The summed E-state index contributed by atoms with van der Waals surface area (Å²) in [4.78, 5) is 22.4. The quantitative estimate of drug-likeness (QED) is 0.597. The Morgan fingerprint density at radius 3 is 2.62 bits per heavy atom. The highest BCUT2D eigenvalue weighted by Crippen LogP contribution is 2.17. The van der Waals surface area contributed by atoms with Crippen LogP contribution in [0, 0.1) is 0 Å². The van der Waals surface area contributed by atoms with E-state index in [0.717, 1.165) is 0 Å². The van der Waals surface area contributed by atoms with Crippen molar-refractivity contribution in [2.45, 2.75) is 26.3 Å². The molecule has 0 atom stereocenters. The van der Waals surface area contributed by atoms with Gasteiger partial charge in [0.25, 0.3) is 0 Å². The summed E-state index contributed by atoms with van der Waals surface area (Å²) >= 11 is 0. The summed E-state index contributed by atoms with van der Waals surface area (Å²) in [5.41, 5.74) is 0.147. The smallest absolute Gasteiger partial charge is 0.339 e. The van der Waals surface area contributed by atoms with Gasteiger partial charge in [-0.3, -0.25) is 4.79 Å². The van der Waals surface area contributed by atoms with E-state index >= 15 is 0 Å². The first-order chi connectivity index (χ1) is 10.0. The standard InChI is InChI=1S/C15H22N2O4/c1-11(2)17-14(18)7-8-16-9-10-21-13-6-4-3-5-12(13)15(19)20/h3-6,11,16H,7-10H2,1-2H3,(H,17,18)(H,19,20). The van der Waals surface area contributed by atoms with Gasteiger partial charge in [-0.25, -0.2) is 4.79 Å². The van der Waals surface area contributed by atoms with Crippen LogP contribution in [0.1, 0.15) is 30.6 Å². The molecule has 6 nitrogen and oxygen atoms in total. The maximum atomic E-state index is 11.4. The summed E-state index contributed by atoms with van der Waals surface area (Å²) in [5.74, 6) is -0.650. The van der Waals surface area contributed by atoms with Crippen LogP contribution in [0.2, 0.25) is 0 Å². The first-order valence-corrected chi connectivity index (χ1v) is 6.96. The van der Waals surface area contributed by atoms with E-state index < -0.39 is 5.97 Å². The van der Waals surface area contributed by atoms with E-state index in [1.165, 1.54) is 6.07 Å². The third-order valence-corrected chi connectivity index (χ3v) is 2.63. The number of benzene rings is 1. The molecule has 0 radical (unpaired) electrons. The van der Waals surface area contributed by atoms with Crippen LogP contribution in [0.25, 0.3) is 0 Å². The van der Waals surface area contributed by atoms with Gasteiger partial charge in [0.1, 0.15) is 17.9 Å². The predicted molar refractivity (Wildman–Crippen MR) is 79.7 cm³/mol. The lowest BCUT2D eigenvalue weighted by Crippen LogP contribution is -2.33. The zero-order valence-electron chi connectivity index (χ0n) is 12.4. The van der Waals surface area contributed by atoms with Crippen LogP contribution in [0.3, 0.4) is 0 Å². The Hall–Kier alpha value is -2.08. The molecule has 0 saturated carbocycles. The Morgan fingerprint density at radius 2 is 1.95 bits per heavy atom. The number of aromatic carboxylic acids is 1. The molecule has 21 heavy (non-hydrogen) atoms. The largest absolute Gasteiger partial charge is 0.491 e. The molecule has 0 aliphatic heterocycles. The van der Waals surface area contributed by atoms with Crippen LogP contribution in [-0.4, -0.2) is 42.7 Å². The first-order valence-electron chi connectivity index (χ1n) is 6.96. The van der Waals surface area contributed by atoms with E-state index in [4.69, 9.17) is 9.84 Å². The van der Waals surface area contributed by atoms with E-state index in [0.29, 0.717) is 31.9 Å². The van der Waals surface area contributed by atoms with Crippen molar-refractivity contribution in [2.24, 2.45) is 0 Å². The Morgan fingerprint density at radius 1 is 1.24 bits per heavy atom. The molecule has 1 aromatic rings. The Labute approximate surface area is 124 Å². The minimum atomic E-state index is -1.01. The fourth-order valence-corrected chi connectivity index (χ4v) is 1.72. The number of nitrogens with one attached hydrogen (secondary N) is 2. The Balaban J connectivity index is 2.20. The molecule has 1 rings (SSSR count). The topological polar surface area (TPSA) is 87.7 Å². The van der Waals surface area contributed by atoms with Crippen molar-refractivity contribution in [3.8, 4) is 5.75 Å². The van der Waals surface area contributed by atoms with Crippen LogP contribution in [-0.2, 0) is 4.79 Å². The van der Waals surface area contributed by atoms with Crippen molar-refractivity contribution in [1.82, 2.24) is 10.6 Å². The SMILES string of the molecule is CC(C)NC(=O)CCNCCOc1ccccc1C(=O)O. The molecule has 0 spiro atoms. The molecule has 0 unspecified atom stereocenters. The molecular weight excluding hydrogens is 272 g/mol. The van der Waals surface area contributed by atoms with Gasteiger partial charge in [0.05, 0.1) is 0 Å². The summed E-state index contributed by atoms with van der Waals surface area (Å²) in [6.45, 7) is 5.28. The molecule has 0 fully saturated rings. The van der Waals surface area contributed by atoms with Crippen molar-refractivity contribution < 1.29 is 19.4 Å². The van der Waals surface area contributed by atoms with Gasteiger partial charge in [0.2, 0.25) is 5.91 Å². The lowest BCUT2D eigenvalue weighted by atomic mass is 10.2. The molecule has 0 aromatic heterocycles. The van der Waals surface area contributed by atoms with E-state index in [-0.39, 0.29) is 17.5 Å². The fraction of sp³-hybridized carbons (Fsp3) is 0.467. The molecule has 1 aromatic carbocycles. The molecule has 3 N–H and O–H groups in total. The predicted octanol–water partition coefficient (Wildman–Crippen LogP) is 1.27. The summed E-state index contributed by atoms with van der Waals surface area (Å²) in [5, 5.41) is 14.9. The van der Waals surface area contributed by atoms with E-state index in [1.807, 2.05) is 13.8 Å². The second-order valence-corrected chi connectivity index (χ2v) is 4.87. The number of carbonyl (C=O) groups is 2. The van der Waals surface area contributed by atoms with Gasteiger partial charge < -0.3 is 20.5 Å². The zero-order valence-corrected chi connectivity index (χ0v) is 12.4.